The zero-order valence-corrected chi connectivity index (χ0v) is 10.7. The number of nitrogens with two attached hydrogens (primary N) is 1. The minimum Gasteiger partial charge on any atom is -0.396 e. The molecule has 0 aliphatic carbocycles. The number of nitrogens with zero attached hydrogens (tertiary/aromatic N) is 1. The van der Waals surface area contributed by atoms with Crippen molar-refractivity contribution >= 4 is 0 Å². The number of aliphatic hydroxyl groups excluding tert-OH is 1. The van der Waals surface area contributed by atoms with Crippen molar-refractivity contribution in [2.75, 3.05) is 26.2 Å². The zero-order chi connectivity index (χ0) is 12.2. The Morgan fingerprint density at radius 2 is 2.25 bits per heavy atom. The Bertz CT molecular complexity index is 235. The van der Waals surface area contributed by atoms with Gasteiger partial charge in [0.05, 0.1) is 6.61 Å². The van der Waals surface area contributed by atoms with Crippen LogP contribution in [0.1, 0.15) is 33.1 Å². The van der Waals surface area contributed by atoms with E-state index in [4.69, 9.17) is 5.73 Å². The largest absolute Gasteiger partial charge is 0.396 e. The summed E-state index contributed by atoms with van der Waals surface area (Å²) < 4.78 is 0. The zero-order valence-electron chi connectivity index (χ0n) is 10.7. The van der Waals surface area contributed by atoms with Crippen molar-refractivity contribution in [3.63, 3.8) is 0 Å². The molecule has 1 fully saturated rings. The van der Waals surface area contributed by atoms with Gasteiger partial charge < -0.3 is 15.7 Å². The number of likely N-dealkylation sites (tertiary alicyclic amines) is 1. The number of hydrogen-bond acceptors (Lipinski definition) is 3. The number of piperidine rings is 1. The standard InChI is InChI=1S/C13H26N2O/c1-4-6-13(11-16)7-5-8-15(10-13)9-12(2,3)14/h4,16H,1,5-11,14H2,2-3H3/t13-/m1/s1. The molecule has 1 saturated heterocycles. The van der Waals surface area contributed by atoms with Crippen LogP contribution in [0.2, 0.25) is 0 Å². The van der Waals surface area contributed by atoms with Crippen LogP contribution in [0, 0.1) is 5.41 Å². The van der Waals surface area contributed by atoms with Gasteiger partial charge in [-0.3, -0.25) is 0 Å². The number of aliphatic hydroxyl groups is 1. The quantitative estimate of drug-likeness (QED) is 0.696. The summed E-state index contributed by atoms with van der Waals surface area (Å²) in [5.74, 6) is 0. The molecule has 0 amide bonds. The molecule has 94 valence electrons. The van der Waals surface area contributed by atoms with Crippen LogP contribution in [0.3, 0.4) is 0 Å². The van der Waals surface area contributed by atoms with Gasteiger partial charge in [-0.15, -0.1) is 6.58 Å². The third-order valence-corrected chi connectivity index (χ3v) is 3.28. The highest BCUT2D eigenvalue weighted by Crippen LogP contribution is 2.33. The van der Waals surface area contributed by atoms with Crippen LogP contribution in [0.4, 0.5) is 0 Å². The molecule has 0 radical (unpaired) electrons. The SMILES string of the molecule is C=CC[C@@]1(CO)CCCN(CC(C)(C)N)C1. The Balaban J connectivity index is 2.60. The highest BCUT2D eigenvalue weighted by Gasteiger charge is 2.34. The van der Waals surface area contributed by atoms with Crippen LogP contribution in [-0.2, 0) is 0 Å². The molecule has 0 aromatic heterocycles. The van der Waals surface area contributed by atoms with Gasteiger partial charge in [-0.1, -0.05) is 6.08 Å². The van der Waals surface area contributed by atoms with Crippen LogP contribution >= 0.6 is 0 Å². The van der Waals surface area contributed by atoms with Crippen LogP contribution in [0.25, 0.3) is 0 Å². The fourth-order valence-electron chi connectivity index (χ4n) is 2.69. The molecule has 0 aromatic rings. The Morgan fingerprint density at radius 1 is 1.56 bits per heavy atom. The Labute approximate surface area is 99.3 Å². The van der Waals surface area contributed by atoms with Gasteiger partial charge >= 0.3 is 0 Å². The van der Waals surface area contributed by atoms with Gasteiger partial charge in [-0.2, -0.15) is 0 Å². The minimum absolute atomic E-state index is 0.0191. The molecule has 0 spiro atoms. The van der Waals surface area contributed by atoms with E-state index in [9.17, 15) is 5.11 Å². The summed E-state index contributed by atoms with van der Waals surface area (Å²) in [4.78, 5) is 2.38. The second kappa shape index (κ2) is 5.30. The highest BCUT2D eigenvalue weighted by molar-refractivity contribution is 4.93. The van der Waals surface area contributed by atoms with Crippen LogP contribution < -0.4 is 5.73 Å². The fraction of sp³-hybridized carbons (Fsp3) is 0.846. The molecule has 0 saturated carbocycles. The molecule has 0 bridgehead atoms. The second-order valence-corrected chi connectivity index (χ2v) is 5.95. The normalized spacial score (nSPS) is 28.0. The van der Waals surface area contributed by atoms with Gasteiger partial charge in [0.25, 0.3) is 0 Å². The topological polar surface area (TPSA) is 49.5 Å². The number of hydrogen-bond donors (Lipinski definition) is 2. The van der Waals surface area contributed by atoms with Gasteiger partial charge in [0, 0.05) is 24.0 Å². The van der Waals surface area contributed by atoms with Crippen molar-refractivity contribution in [3.05, 3.63) is 12.7 Å². The van der Waals surface area contributed by atoms with Gasteiger partial charge in [-0.05, 0) is 39.7 Å². The van der Waals surface area contributed by atoms with Crippen molar-refractivity contribution in [2.45, 2.75) is 38.6 Å². The first-order valence-electron chi connectivity index (χ1n) is 6.14. The molecule has 1 atom stereocenters. The maximum atomic E-state index is 9.58. The van der Waals surface area contributed by atoms with E-state index >= 15 is 0 Å². The second-order valence-electron chi connectivity index (χ2n) is 5.95. The van der Waals surface area contributed by atoms with E-state index in [1.807, 2.05) is 6.08 Å². The van der Waals surface area contributed by atoms with Crippen LogP contribution in [-0.4, -0.2) is 41.8 Å². The Kier molecular flexibility index (Phi) is 4.53. The maximum Gasteiger partial charge on any atom is 0.0502 e. The lowest BCUT2D eigenvalue weighted by Gasteiger charge is -2.43. The fourth-order valence-corrected chi connectivity index (χ4v) is 2.69. The van der Waals surface area contributed by atoms with Crippen molar-refractivity contribution < 1.29 is 5.11 Å². The van der Waals surface area contributed by atoms with Crippen molar-refractivity contribution in [1.29, 1.82) is 0 Å². The van der Waals surface area contributed by atoms with Gasteiger partial charge in [0.2, 0.25) is 0 Å². The van der Waals surface area contributed by atoms with Gasteiger partial charge in [0.15, 0.2) is 0 Å². The summed E-state index contributed by atoms with van der Waals surface area (Å²) in [6.45, 7) is 11.1. The van der Waals surface area contributed by atoms with E-state index in [2.05, 4.69) is 25.3 Å². The predicted molar refractivity (Wildman–Crippen MR) is 68.3 cm³/mol. The monoisotopic (exact) mass is 226 g/mol. The molecule has 1 rings (SSSR count). The molecule has 3 N–H and O–H groups in total. The molecule has 1 aliphatic rings. The summed E-state index contributed by atoms with van der Waals surface area (Å²) in [7, 11) is 0. The number of allylic oxidation sites excluding steroid dienone is 1. The first kappa shape index (κ1) is 13.7. The van der Waals surface area contributed by atoms with Crippen LogP contribution in [0.15, 0.2) is 12.7 Å². The van der Waals surface area contributed by atoms with E-state index in [0.29, 0.717) is 0 Å². The molecule has 16 heavy (non-hydrogen) atoms. The first-order chi connectivity index (χ1) is 7.41. The average Bonchev–Trinajstić information content (AvgIpc) is 2.16. The summed E-state index contributed by atoms with van der Waals surface area (Å²) >= 11 is 0. The van der Waals surface area contributed by atoms with E-state index in [0.717, 1.165) is 38.9 Å². The Morgan fingerprint density at radius 3 is 2.75 bits per heavy atom. The average molecular weight is 226 g/mol. The lowest BCUT2D eigenvalue weighted by atomic mass is 9.77. The molecule has 3 heteroatoms. The Hall–Kier alpha value is -0.380. The molecule has 3 nitrogen and oxygen atoms in total. The van der Waals surface area contributed by atoms with E-state index < -0.39 is 0 Å². The van der Waals surface area contributed by atoms with Crippen molar-refractivity contribution in [2.24, 2.45) is 11.1 Å². The van der Waals surface area contributed by atoms with E-state index in [1.165, 1.54) is 0 Å². The summed E-state index contributed by atoms with van der Waals surface area (Å²) in [5.41, 5.74) is 5.91. The van der Waals surface area contributed by atoms with Gasteiger partial charge in [0.1, 0.15) is 0 Å². The van der Waals surface area contributed by atoms with E-state index in [-0.39, 0.29) is 17.6 Å². The molecular weight excluding hydrogens is 200 g/mol. The minimum atomic E-state index is -0.160. The van der Waals surface area contributed by atoms with E-state index in [1.54, 1.807) is 0 Å². The third kappa shape index (κ3) is 3.89. The van der Waals surface area contributed by atoms with Crippen molar-refractivity contribution in [3.8, 4) is 0 Å². The molecule has 0 unspecified atom stereocenters. The first-order valence-corrected chi connectivity index (χ1v) is 6.14. The molecule has 1 heterocycles. The van der Waals surface area contributed by atoms with Gasteiger partial charge in [-0.25, -0.2) is 0 Å². The lowest BCUT2D eigenvalue weighted by molar-refractivity contribution is 0.0272. The molecule has 0 aromatic carbocycles. The maximum absolute atomic E-state index is 9.58. The molecule has 1 aliphatic heterocycles. The predicted octanol–water partition coefficient (Wildman–Crippen LogP) is 1.37. The summed E-state index contributed by atoms with van der Waals surface area (Å²) in [6, 6.07) is 0. The number of rotatable bonds is 5. The van der Waals surface area contributed by atoms with Crippen molar-refractivity contribution in [1.82, 2.24) is 4.90 Å². The lowest BCUT2D eigenvalue weighted by Crippen LogP contribution is -2.52. The summed E-state index contributed by atoms with van der Waals surface area (Å²) in [5, 5.41) is 9.58. The summed E-state index contributed by atoms with van der Waals surface area (Å²) in [6.07, 6.45) is 5.06. The van der Waals surface area contributed by atoms with Crippen LogP contribution in [0.5, 0.6) is 0 Å². The highest BCUT2D eigenvalue weighted by atomic mass is 16.3. The third-order valence-electron chi connectivity index (χ3n) is 3.28. The smallest absolute Gasteiger partial charge is 0.0502 e. The molecular formula is C13H26N2O.